The molecule has 84 valence electrons. The van der Waals surface area contributed by atoms with E-state index in [2.05, 4.69) is 13.8 Å². The first-order chi connectivity index (χ1) is 7.47. The highest BCUT2D eigenvalue weighted by Gasteiger charge is 2.30. The van der Waals surface area contributed by atoms with E-state index in [1.54, 1.807) is 0 Å². The summed E-state index contributed by atoms with van der Waals surface area (Å²) < 4.78 is 44.8. The predicted molar refractivity (Wildman–Crippen MR) is 48.9 cm³/mol. The molecule has 0 aliphatic carbocycles. The lowest BCUT2D eigenvalue weighted by molar-refractivity contribution is -0.137. The van der Waals surface area contributed by atoms with Gasteiger partial charge < -0.3 is 4.42 Å². The summed E-state index contributed by atoms with van der Waals surface area (Å²) in [6, 6.07) is 1.95. The Morgan fingerprint density at radius 1 is 1.31 bits per heavy atom. The third-order valence-electron chi connectivity index (χ3n) is 1.69. The van der Waals surface area contributed by atoms with Gasteiger partial charge in [-0.05, 0) is 12.1 Å². The Hall–Kier alpha value is -1.70. The Labute approximate surface area is 90.5 Å². The molecule has 2 aromatic heterocycles. The van der Waals surface area contributed by atoms with Crippen LogP contribution in [-0.2, 0) is 6.18 Å². The highest BCUT2D eigenvalue weighted by molar-refractivity contribution is 7.02. The van der Waals surface area contributed by atoms with E-state index in [1.165, 1.54) is 0 Å². The monoisotopic (exact) mass is 248 g/mol. The summed E-state index contributed by atoms with van der Waals surface area (Å²) in [6.07, 6.45) is -3.77. The molecule has 0 amide bonds. The molecular formula is C8H3F3N2O2S. The molecule has 0 bridgehead atoms. The van der Waals surface area contributed by atoms with Crippen molar-refractivity contribution < 1.29 is 17.6 Å². The van der Waals surface area contributed by atoms with Gasteiger partial charge in [-0.15, -0.1) is 4.37 Å². The van der Waals surface area contributed by atoms with Crippen LogP contribution in [0.15, 0.2) is 27.5 Å². The number of hydrogen-bond donors (Lipinski definition) is 0. The fourth-order valence-corrected chi connectivity index (χ4v) is 1.39. The summed E-state index contributed by atoms with van der Waals surface area (Å²) in [6.45, 7) is 0. The van der Waals surface area contributed by atoms with Crippen molar-refractivity contribution in [3.05, 3.63) is 33.6 Å². The lowest BCUT2D eigenvalue weighted by Crippen LogP contribution is -2.05. The molecule has 0 aliphatic heterocycles. The standard InChI is InChI=1S/C8H3F3N2O2S/c9-8(10,11)4-1-2-5(12-3-4)6-13-16-7(14)15-6/h1-3H. The fourth-order valence-electron chi connectivity index (χ4n) is 0.982. The van der Waals surface area contributed by atoms with E-state index in [-0.39, 0.29) is 11.6 Å². The zero-order valence-corrected chi connectivity index (χ0v) is 8.30. The molecule has 2 rings (SSSR count). The van der Waals surface area contributed by atoms with Gasteiger partial charge in [0.2, 0.25) is 0 Å². The van der Waals surface area contributed by atoms with Crippen LogP contribution in [0.3, 0.4) is 0 Å². The molecule has 8 heteroatoms. The third kappa shape index (κ3) is 2.11. The summed E-state index contributed by atoms with van der Waals surface area (Å²) in [5.41, 5.74) is -0.778. The van der Waals surface area contributed by atoms with E-state index in [9.17, 15) is 18.0 Å². The SMILES string of the molecule is O=c1oc(-c2ccc(C(F)(F)F)cn2)ns1. The van der Waals surface area contributed by atoms with Crippen LogP contribution < -0.4 is 4.94 Å². The molecule has 0 fully saturated rings. The van der Waals surface area contributed by atoms with Crippen LogP contribution in [-0.4, -0.2) is 9.36 Å². The molecule has 0 saturated carbocycles. The predicted octanol–water partition coefficient (Wildman–Crippen LogP) is 2.18. The zero-order valence-electron chi connectivity index (χ0n) is 7.49. The summed E-state index contributed by atoms with van der Waals surface area (Å²) in [5, 5.41) is 0. The Morgan fingerprint density at radius 2 is 2.06 bits per heavy atom. The van der Waals surface area contributed by atoms with Gasteiger partial charge in [-0.1, -0.05) is 0 Å². The van der Waals surface area contributed by atoms with Crippen molar-refractivity contribution in [1.29, 1.82) is 0 Å². The van der Waals surface area contributed by atoms with Gasteiger partial charge in [-0.2, -0.15) is 13.2 Å². The van der Waals surface area contributed by atoms with Gasteiger partial charge >= 0.3 is 11.1 Å². The lowest BCUT2D eigenvalue weighted by Gasteiger charge is -2.05. The molecule has 0 saturated heterocycles. The normalized spacial score (nSPS) is 11.7. The van der Waals surface area contributed by atoms with Crippen molar-refractivity contribution in [2.24, 2.45) is 0 Å². The topological polar surface area (TPSA) is 56.0 Å². The number of halogens is 3. The Balaban J connectivity index is 2.36. The van der Waals surface area contributed by atoms with Gasteiger partial charge in [-0.25, -0.2) is 4.79 Å². The van der Waals surface area contributed by atoms with E-state index in [0.29, 0.717) is 17.7 Å². The van der Waals surface area contributed by atoms with Crippen LogP contribution in [0.2, 0.25) is 0 Å². The molecular weight excluding hydrogens is 245 g/mol. The molecule has 2 heterocycles. The van der Waals surface area contributed by atoms with E-state index in [4.69, 9.17) is 0 Å². The largest absolute Gasteiger partial charge is 0.417 e. The average Bonchev–Trinajstić information content (AvgIpc) is 2.64. The minimum absolute atomic E-state index is 0.0799. The molecule has 0 unspecified atom stereocenters. The third-order valence-corrected chi connectivity index (χ3v) is 2.18. The van der Waals surface area contributed by atoms with Crippen molar-refractivity contribution in [2.75, 3.05) is 0 Å². The van der Waals surface area contributed by atoms with Gasteiger partial charge in [0.1, 0.15) is 5.69 Å². The average molecular weight is 248 g/mol. The second-order valence-electron chi connectivity index (χ2n) is 2.77. The summed E-state index contributed by atoms with van der Waals surface area (Å²) in [4.78, 5) is 13.6. The maximum Gasteiger partial charge on any atom is 0.417 e. The van der Waals surface area contributed by atoms with Gasteiger partial charge in [-0.3, -0.25) is 4.98 Å². The maximum absolute atomic E-state index is 12.2. The van der Waals surface area contributed by atoms with Gasteiger partial charge in [0, 0.05) is 6.20 Å². The van der Waals surface area contributed by atoms with Crippen LogP contribution in [0.1, 0.15) is 5.56 Å². The summed E-state index contributed by atoms with van der Waals surface area (Å²) in [5.74, 6) is -0.0799. The Bertz CT molecular complexity index is 543. The van der Waals surface area contributed by atoms with Crippen molar-refractivity contribution in [3.8, 4) is 11.6 Å². The van der Waals surface area contributed by atoms with Gasteiger partial charge in [0.25, 0.3) is 5.89 Å². The van der Waals surface area contributed by atoms with Crippen LogP contribution >= 0.6 is 11.5 Å². The summed E-state index contributed by atoms with van der Waals surface area (Å²) >= 11 is 0.575. The smallest absolute Gasteiger partial charge is 0.392 e. The zero-order chi connectivity index (χ0) is 11.8. The van der Waals surface area contributed by atoms with Crippen LogP contribution in [0.5, 0.6) is 0 Å². The lowest BCUT2D eigenvalue weighted by atomic mass is 10.2. The molecule has 4 nitrogen and oxygen atoms in total. The van der Waals surface area contributed by atoms with Crippen molar-refractivity contribution in [2.45, 2.75) is 6.18 Å². The number of rotatable bonds is 1. The van der Waals surface area contributed by atoms with E-state index < -0.39 is 16.7 Å². The number of pyridine rings is 1. The van der Waals surface area contributed by atoms with Crippen LogP contribution in [0, 0.1) is 0 Å². The van der Waals surface area contributed by atoms with Crippen molar-refractivity contribution in [3.63, 3.8) is 0 Å². The number of alkyl halides is 3. The van der Waals surface area contributed by atoms with Crippen LogP contribution in [0.4, 0.5) is 13.2 Å². The van der Waals surface area contributed by atoms with Crippen LogP contribution in [0.25, 0.3) is 11.6 Å². The first kappa shape index (κ1) is 10.8. The minimum atomic E-state index is -4.44. The molecule has 0 aromatic carbocycles. The Morgan fingerprint density at radius 3 is 2.50 bits per heavy atom. The molecule has 2 aromatic rings. The molecule has 0 radical (unpaired) electrons. The second kappa shape index (κ2) is 3.71. The van der Waals surface area contributed by atoms with E-state index in [0.717, 1.165) is 12.1 Å². The van der Waals surface area contributed by atoms with E-state index in [1.807, 2.05) is 0 Å². The Kier molecular flexibility index (Phi) is 2.50. The van der Waals surface area contributed by atoms with Gasteiger partial charge in [0.05, 0.1) is 17.1 Å². The maximum atomic E-state index is 12.2. The van der Waals surface area contributed by atoms with Crippen molar-refractivity contribution >= 4 is 11.5 Å². The summed E-state index contributed by atoms with van der Waals surface area (Å²) in [7, 11) is 0. The number of hydrogen-bond acceptors (Lipinski definition) is 5. The van der Waals surface area contributed by atoms with Gasteiger partial charge in [0.15, 0.2) is 0 Å². The quantitative estimate of drug-likeness (QED) is 0.776. The second-order valence-corrected chi connectivity index (χ2v) is 3.47. The number of aromatic nitrogens is 2. The minimum Gasteiger partial charge on any atom is -0.392 e. The molecule has 16 heavy (non-hydrogen) atoms. The fraction of sp³-hybridized carbons (Fsp3) is 0.125. The first-order valence-corrected chi connectivity index (χ1v) is 4.74. The molecule has 0 N–H and O–H groups in total. The first-order valence-electron chi connectivity index (χ1n) is 3.97. The van der Waals surface area contributed by atoms with Crippen molar-refractivity contribution in [1.82, 2.24) is 9.36 Å². The molecule has 0 spiro atoms. The highest BCUT2D eigenvalue weighted by Crippen LogP contribution is 2.29. The highest BCUT2D eigenvalue weighted by atomic mass is 32.1. The molecule has 0 atom stereocenters. The molecule has 0 aliphatic rings. The van der Waals surface area contributed by atoms with E-state index >= 15 is 0 Å². The number of nitrogens with zero attached hydrogens (tertiary/aromatic N) is 2.